The maximum Gasteiger partial charge on any atom is 0.274 e. The lowest BCUT2D eigenvalue weighted by Gasteiger charge is -2.40. The van der Waals surface area contributed by atoms with E-state index in [9.17, 15) is 9.18 Å². The van der Waals surface area contributed by atoms with Crippen molar-refractivity contribution in [1.29, 1.82) is 0 Å². The summed E-state index contributed by atoms with van der Waals surface area (Å²) in [6.07, 6.45) is 3.67. The Kier molecular flexibility index (Phi) is 5.19. The number of carbonyl (C=O) groups excluding carboxylic acids is 1. The van der Waals surface area contributed by atoms with E-state index in [0.717, 1.165) is 17.3 Å². The first kappa shape index (κ1) is 18.7. The van der Waals surface area contributed by atoms with E-state index in [1.807, 2.05) is 18.4 Å². The Morgan fingerprint density at radius 1 is 1.46 bits per heavy atom. The fourth-order valence-corrected chi connectivity index (χ4v) is 4.04. The second-order valence-electron chi connectivity index (χ2n) is 6.73. The zero-order valence-electron chi connectivity index (χ0n) is 15.6. The van der Waals surface area contributed by atoms with Gasteiger partial charge in [0.05, 0.1) is 35.1 Å². The Bertz CT molecular complexity index is 1010. The molecule has 1 saturated heterocycles. The number of nitrogens with one attached hydrogen (secondary N) is 1. The highest BCUT2D eigenvalue weighted by Crippen LogP contribution is 2.29. The normalized spacial score (nSPS) is 17.4. The average Bonchev–Trinajstić information content (AvgIpc) is 3.13. The van der Waals surface area contributed by atoms with Crippen LogP contribution < -0.4 is 5.32 Å². The number of hydrogen-bond donors (Lipinski definition) is 1. The molecule has 1 N–H and O–H groups in total. The van der Waals surface area contributed by atoms with Crippen LogP contribution in [0.3, 0.4) is 0 Å². The van der Waals surface area contributed by atoms with Crippen LogP contribution in [0.2, 0.25) is 0 Å². The third kappa shape index (κ3) is 3.55. The van der Waals surface area contributed by atoms with E-state index in [1.54, 1.807) is 18.2 Å². The maximum atomic E-state index is 13.5. The smallest absolute Gasteiger partial charge is 0.274 e. The van der Waals surface area contributed by atoms with Gasteiger partial charge in [-0.3, -0.25) is 9.78 Å². The van der Waals surface area contributed by atoms with Crippen molar-refractivity contribution < 1.29 is 13.9 Å². The van der Waals surface area contributed by atoms with Crippen LogP contribution in [0.5, 0.6) is 0 Å². The minimum Gasteiger partial charge on any atom is -0.383 e. The van der Waals surface area contributed by atoms with Gasteiger partial charge < -0.3 is 15.0 Å². The van der Waals surface area contributed by atoms with Crippen molar-refractivity contribution in [3.8, 4) is 0 Å². The van der Waals surface area contributed by atoms with Crippen LogP contribution in [-0.4, -0.2) is 52.1 Å². The number of likely N-dealkylation sites (tertiary alicyclic amines) is 1. The molecule has 0 bridgehead atoms. The monoisotopic (exact) mass is 401 g/mol. The number of anilines is 1. The molecule has 3 aromatic heterocycles. The molecule has 1 fully saturated rings. The van der Waals surface area contributed by atoms with E-state index in [1.165, 1.54) is 17.4 Å². The highest BCUT2D eigenvalue weighted by Gasteiger charge is 2.34. The van der Waals surface area contributed by atoms with Crippen LogP contribution in [0.25, 0.3) is 10.2 Å². The Labute approximate surface area is 165 Å². The lowest BCUT2D eigenvalue weighted by molar-refractivity contribution is 0.0199. The van der Waals surface area contributed by atoms with Crippen molar-refractivity contribution in [1.82, 2.24) is 19.9 Å². The van der Waals surface area contributed by atoms with Gasteiger partial charge in [-0.1, -0.05) is 0 Å². The molecule has 146 valence electrons. The molecule has 28 heavy (non-hydrogen) atoms. The first-order valence-electron chi connectivity index (χ1n) is 8.99. The molecule has 0 spiro atoms. The molecule has 0 aromatic carbocycles. The second-order valence-corrected chi connectivity index (χ2v) is 7.65. The van der Waals surface area contributed by atoms with Gasteiger partial charge in [-0.25, -0.2) is 14.4 Å². The SMILES string of the molecule is COCC1CCN1C(=O)c1nc(NC(C)c2cncc(F)c2)nc2ccsc12. The van der Waals surface area contributed by atoms with Crippen LogP contribution >= 0.6 is 11.3 Å². The summed E-state index contributed by atoms with van der Waals surface area (Å²) >= 11 is 1.44. The lowest BCUT2D eigenvalue weighted by Crippen LogP contribution is -2.53. The summed E-state index contributed by atoms with van der Waals surface area (Å²) in [5, 5.41) is 5.05. The number of pyridine rings is 1. The summed E-state index contributed by atoms with van der Waals surface area (Å²) in [6.45, 7) is 3.07. The molecule has 1 amide bonds. The molecule has 2 atom stereocenters. The number of thiophene rings is 1. The van der Waals surface area contributed by atoms with Crippen LogP contribution in [0.1, 0.15) is 35.4 Å². The highest BCUT2D eigenvalue weighted by molar-refractivity contribution is 7.17. The Balaban J connectivity index is 1.63. The van der Waals surface area contributed by atoms with E-state index < -0.39 is 5.82 Å². The van der Waals surface area contributed by atoms with E-state index >= 15 is 0 Å². The number of methoxy groups -OCH3 is 1. The lowest BCUT2D eigenvalue weighted by atomic mass is 10.0. The molecule has 7 nitrogen and oxygen atoms in total. The number of ether oxygens (including phenoxy) is 1. The summed E-state index contributed by atoms with van der Waals surface area (Å²) in [6, 6.07) is 3.08. The quantitative estimate of drug-likeness (QED) is 0.683. The Morgan fingerprint density at radius 2 is 2.32 bits per heavy atom. The molecule has 2 unspecified atom stereocenters. The van der Waals surface area contributed by atoms with Gasteiger partial charge in [0.15, 0.2) is 5.69 Å². The van der Waals surface area contributed by atoms with Crippen molar-refractivity contribution in [3.05, 3.63) is 47.0 Å². The van der Waals surface area contributed by atoms with Crippen LogP contribution in [-0.2, 0) is 4.74 Å². The van der Waals surface area contributed by atoms with Crippen LogP contribution in [0.4, 0.5) is 10.3 Å². The van der Waals surface area contributed by atoms with Gasteiger partial charge in [-0.05, 0) is 36.4 Å². The third-order valence-corrected chi connectivity index (χ3v) is 5.75. The van der Waals surface area contributed by atoms with E-state index in [2.05, 4.69) is 20.3 Å². The predicted octanol–water partition coefficient (Wildman–Crippen LogP) is 3.26. The standard InChI is InChI=1S/C19H20FN5O2S/c1-11(12-7-13(20)9-21-8-12)22-19-23-15-4-6-28-17(15)16(24-19)18(26)25-5-3-14(25)10-27-2/h4,6-9,11,14H,3,5,10H2,1-2H3,(H,22,23,24). The van der Waals surface area contributed by atoms with E-state index in [0.29, 0.717) is 35.9 Å². The molecule has 0 saturated carbocycles. The van der Waals surface area contributed by atoms with Gasteiger partial charge in [0.2, 0.25) is 5.95 Å². The minimum absolute atomic E-state index is 0.0798. The van der Waals surface area contributed by atoms with Crippen LogP contribution in [0.15, 0.2) is 29.9 Å². The number of rotatable bonds is 6. The largest absolute Gasteiger partial charge is 0.383 e. The summed E-state index contributed by atoms with van der Waals surface area (Å²) in [5.41, 5.74) is 1.76. The summed E-state index contributed by atoms with van der Waals surface area (Å²) in [5.74, 6) is -0.195. The van der Waals surface area contributed by atoms with Gasteiger partial charge in [0.25, 0.3) is 5.91 Å². The zero-order valence-corrected chi connectivity index (χ0v) is 16.4. The second kappa shape index (κ2) is 7.76. The highest BCUT2D eigenvalue weighted by atomic mass is 32.1. The number of fused-ring (bicyclic) bond motifs is 1. The average molecular weight is 401 g/mol. The van der Waals surface area contributed by atoms with Crippen molar-refractivity contribution >= 4 is 33.4 Å². The van der Waals surface area contributed by atoms with Gasteiger partial charge in [-0.15, -0.1) is 11.3 Å². The van der Waals surface area contributed by atoms with Gasteiger partial charge >= 0.3 is 0 Å². The molecular weight excluding hydrogens is 381 g/mol. The number of amides is 1. The number of carbonyl (C=O) groups is 1. The number of hydrogen-bond acceptors (Lipinski definition) is 7. The molecule has 4 heterocycles. The van der Waals surface area contributed by atoms with Crippen LogP contribution in [0, 0.1) is 5.82 Å². The molecule has 4 rings (SSSR count). The molecule has 9 heteroatoms. The fraction of sp³-hybridized carbons (Fsp3) is 0.368. The predicted molar refractivity (Wildman–Crippen MR) is 105 cm³/mol. The van der Waals surface area contributed by atoms with Gasteiger partial charge in [0.1, 0.15) is 5.82 Å². The van der Waals surface area contributed by atoms with Crippen molar-refractivity contribution in [2.75, 3.05) is 25.6 Å². The Hall–Kier alpha value is -2.65. The zero-order chi connectivity index (χ0) is 19.7. The topological polar surface area (TPSA) is 80.2 Å². The Morgan fingerprint density at radius 3 is 3.04 bits per heavy atom. The molecule has 1 aliphatic rings. The molecule has 0 aliphatic carbocycles. The minimum atomic E-state index is -0.404. The van der Waals surface area contributed by atoms with Crippen molar-refractivity contribution in [3.63, 3.8) is 0 Å². The van der Waals surface area contributed by atoms with E-state index in [4.69, 9.17) is 4.74 Å². The molecule has 3 aromatic rings. The number of nitrogens with zero attached hydrogens (tertiary/aromatic N) is 4. The summed E-state index contributed by atoms with van der Waals surface area (Å²) in [7, 11) is 1.63. The molecular formula is C19H20FN5O2S. The molecule has 0 radical (unpaired) electrons. The summed E-state index contributed by atoms with van der Waals surface area (Å²) in [4.78, 5) is 27.7. The van der Waals surface area contributed by atoms with E-state index in [-0.39, 0.29) is 18.0 Å². The first-order valence-corrected chi connectivity index (χ1v) is 9.87. The fourth-order valence-electron chi connectivity index (χ4n) is 3.22. The summed E-state index contributed by atoms with van der Waals surface area (Å²) < 4.78 is 19.4. The number of halogens is 1. The van der Waals surface area contributed by atoms with Gasteiger partial charge in [0, 0.05) is 19.9 Å². The van der Waals surface area contributed by atoms with Gasteiger partial charge in [-0.2, -0.15) is 0 Å². The van der Waals surface area contributed by atoms with Crippen molar-refractivity contribution in [2.45, 2.75) is 25.4 Å². The third-order valence-electron chi connectivity index (χ3n) is 4.84. The maximum absolute atomic E-state index is 13.5. The molecule has 1 aliphatic heterocycles. The first-order chi connectivity index (χ1) is 13.6. The number of aromatic nitrogens is 3. The van der Waals surface area contributed by atoms with Crippen molar-refractivity contribution in [2.24, 2.45) is 0 Å².